The first-order valence-electron chi connectivity index (χ1n) is 12.0. The van der Waals surface area contributed by atoms with Gasteiger partial charge in [-0.25, -0.2) is 0 Å². The number of nitrogens with one attached hydrogen (secondary N) is 1. The summed E-state index contributed by atoms with van der Waals surface area (Å²) in [5.41, 5.74) is 2.28. The van der Waals surface area contributed by atoms with E-state index in [0.29, 0.717) is 22.3 Å². The Morgan fingerprint density at radius 1 is 1.09 bits per heavy atom. The van der Waals surface area contributed by atoms with Crippen molar-refractivity contribution < 1.29 is 36.4 Å². The second-order valence-electron chi connectivity index (χ2n) is 8.16. The van der Waals surface area contributed by atoms with Crippen molar-refractivity contribution in [1.29, 1.82) is 0 Å². The number of carbonyl (C=O) groups is 3. The van der Waals surface area contributed by atoms with Gasteiger partial charge in [0.15, 0.2) is 0 Å². The van der Waals surface area contributed by atoms with E-state index in [2.05, 4.69) is 15.2 Å². The molecule has 11 heteroatoms. The molecule has 0 radical (unpaired) electrons. The first-order chi connectivity index (χ1) is 17.8. The molecular formula is C24H19F3N4O4. The average molecular weight is 487 g/mol. The Labute approximate surface area is 201 Å². The molecule has 3 heterocycles. The molecule has 8 nitrogen and oxygen atoms in total. The van der Waals surface area contributed by atoms with Crippen LogP contribution in [0.1, 0.15) is 32.9 Å². The maximum absolute atomic E-state index is 13.0. The first kappa shape index (κ1) is 19.2. The summed E-state index contributed by atoms with van der Waals surface area (Å²) in [6.07, 6.45) is -3.22. The lowest BCUT2D eigenvalue weighted by Gasteiger charge is -2.29. The minimum absolute atomic E-state index is 0.112. The predicted octanol–water partition coefficient (Wildman–Crippen LogP) is 3.41. The van der Waals surface area contributed by atoms with E-state index in [0.717, 1.165) is 16.8 Å². The summed E-state index contributed by atoms with van der Waals surface area (Å²) >= 11 is 0. The highest BCUT2D eigenvalue weighted by molar-refractivity contribution is 6.05. The Balaban J connectivity index is 1.51. The van der Waals surface area contributed by atoms with Crippen molar-refractivity contribution >= 4 is 17.7 Å². The van der Waals surface area contributed by atoms with Gasteiger partial charge < -0.3 is 9.64 Å². The monoisotopic (exact) mass is 487 g/mol. The molecule has 1 N–H and O–H groups in total. The van der Waals surface area contributed by atoms with Crippen molar-refractivity contribution in [3.05, 3.63) is 59.8 Å². The standard InChI is InChI=1S/C24H19F3N4O4/c1-30-21(13-2-5-16(6-3-13)35-24(25,26)27)18(11-28-30)14-4-7-17-15(10-14)12-31(23(17)34)19-8-9-20(32)29-22(19)33/h2-7,10-11,19H,8-9,12H2,1H3,(H,29,32,33)/i1D3. The topological polar surface area (TPSA) is 93.5 Å². The largest absolute Gasteiger partial charge is 0.573 e. The zero-order valence-corrected chi connectivity index (χ0v) is 17.9. The Morgan fingerprint density at radius 2 is 1.83 bits per heavy atom. The lowest BCUT2D eigenvalue weighted by Crippen LogP contribution is -2.52. The Bertz CT molecular complexity index is 1450. The van der Waals surface area contributed by atoms with Gasteiger partial charge in [0.25, 0.3) is 5.91 Å². The Kier molecular flexibility index (Phi) is 4.53. The molecule has 180 valence electrons. The summed E-state index contributed by atoms with van der Waals surface area (Å²) in [4.78, 5) is 38.2. The van der Waals surface area contributed by atoms with E-state index < -0.39 is 36.9 Å². The number of halogens is 3. The predicted molar refractivity (Wildman–Crippen MR) is 117 cm³/mol. The maximum atomic E-state index is 13.0. The number of amides is 3. The lowest BCUT2D eigenvalue weighted by atomic mass is 9.98. The molecule has 1 atom stereocenters. The van der Waals surface area contributed by atoms with Gasteiger partial charge in [0.05, 0.1) is 11.9 Å². The number of imide groups is 1. The fraction of sp³-hybridized carbons (Fsp3) is 0.250. The molecule has 5 rings (SSSR count). The Morgan fingerprint density at radius 3 is 2.51 bits per heavy atom. The van der Waals surface area contributed by atoms with E-state index in [1.165, 1.54) is 23.2 Å². The fourth-order valence-corrected chi connectivity index (χ4v) is 4.39. The smallest absolute Gasteiger partial charge is 0.406 e. The first-order valence-corrected chi connectivity index (χ1v) is 10.5. The summed E-state index contributed by atoms with van der Waals surface area (Å²) in [5, 5.41) is 6.26. The van der Waals surface area contributed by atoms with Crippen LogP contribution in [0.4, 0.5) is 13.2 Å². The molecule has 1 aromatic heterocycles. The number of aromatic nitrogens is 2. The molecule has 0 aliphatic carbocycles. The van der Waals surface area contributed by atoms with E-state index >= 15 is 0 Å². The maximum Gasteiger partial charge on any atom is 0.573 e. The molecule has 1 fully saturated rings. The molecule has 1 saturated heterocycles. The number of piperidine rings is 1. The molecule has 0 bridgehead atoms. The molecule has 35 heavy (non-hydrogen) atoms. The third-order valence-electron chi connectivity index (χ3n) is 5.97. The van der Waals surface area contributed by atoms with Crippen LogP contribution in [0.25, 0.3) is 22.4 Å². The van der Waals surface area contributed by atoms with Crippen LogP contribution in [0.15, 0.2) is 48.7 Å². The molecule has 2 aromatic carbocycles. The summed E-state index contributed by atoms with van der Waals surface area (Å²) in [7, 11) is 0. The number of aryl methyl sites for hydroxylation is 1. The van der Waals surface area contributed by atoms with Crippen LogP contribution in [0.2, 0.25) is 0 Å². The highest BCUT2D eigenvalue weighted by atomic mass is 19.4. The number of rotatable bonds is 4. The Hall–Kier alpha value is -4.15. The second-order valence-corrected chi connectivity index (χ2v) is 8.16. The zero-order valence-electron chi connectivity index (χ0n) is 20.9. The highest BCUT2D eigenvalue weighted by Gasteiger charge is 2.39. The zero-order chi connectivity index (χ0) is 27.4. The van der Waals surface area contributed by atoms with Crippen molar-refractivity contribution in [3.63, 3.8) is 0 Å². The number of hydrogen-bond donors (Lipinski definition) is 1. The number of hydrogen-bond acceptors (Lipinski definition) is 5. The van der Waals surface area contributed by atoms with Gasteiger partial charge in [-0.05, 0) is 53.9 Å². The molecular weight excluding hydrogens is 465 g/mol. The van der Waals surface area contributed by atoms with Gasteiger partial charge in [-0.2, -0.15) is 5.10 Å². The van der Waals surface area contributed by atoms with Crippen LogP contribution in [-0.2, 0) is 23.1 Å². The van der Waals surface area contributed by atoms with Gasteiger partial charge in [-0.3, -0.25) is 24.4 Å². The molecule has 0 spiro atoms. The molecule has 2 aliphatic rings. The summed E-state index contributed by atoms with van der Waals surface area (Å²) in [6, 6.07) is 8.81. The highest BCUT2D eigenvalue weighted by Crippen LogP contribution is 2.36. The van der Waals surface area contributed by atoms with Crippen molar-refractivity contribution in [1.82, 2.24) is 20.0 Å². The summed E-state index contributed by atoms with van der Waals surface area (Å²) in [6.45, 7) is -2.58. The molecule has 2 aliphatic heterocycles. The van der Waals surface area contributed by atoms with Crippen molar-refractivity contribution in [2.75, 3.05) is 0 Å². The van der Waals surface area contributed by atoms with Crippen LogP contribution in [0.3, 0.4) is 0 Å². The van der Waals surface area contributed by atoms with Crippen LogP contribution in [-0.4, -0.2) is 44.8 Å². The molecule has 1 unspecified atom stereocenters. The van der Waals surface area contributed by atoms with E-state index in [1.54, 1.807) is 18.2 Å². The van der Waals surface area contributed by atoms with Crippen molar-refractivity contribution in [2.24, 2.45) is 6.98 Å². The average Bonchev–Trinajstić information content (AvgIpc) is 3.40. The number of ether oxygens (including phenoxy) is 1. The van der Waals surface area contributed by atoms with Crippen LogP contribution in [0.5, 0.6) is 5.75 Å². The van der Waals surface area contributed by atoms with Crippen molar-refractivity contribution in [3.8, 4) is 28.1 Å². The van der Waals surface area contributed by atoms with Crippen LogP contribution in [0, 0.1) is 0 Å². The number of fused-ring (bicyclic) bond motifs is 1. The van der Waals surface area contributed by atoms with Crippen molar-refractivity contribution in [2.45, 2.75) is 31.8 Å². The SMILES string of the molecule is [2H]C([2H])([2H])n1ncc(-c2ccc3c(c2)CN(C2CCC(=O)NC2=O)C3=O)c1-c1ccc(OC(F)(F)F)cc1. The third-order valence-corrected chi connectivity index (χ3v) is 5.97. The fourth-order valence-electron chi connectivity index (χ4n) is 4.39. The van der Waals surface area contributed by atoms with Crippen LogP contribution >= 0.6 is 0 Å². The summed E-state index contributed by atoms with van der Waals surface area (Å²) < 4.78 is 66.0. The quantitative estimate of drug-likeness (QED) is 0.570. The van der Waals surface area contributed by atoms with Gasteiger partial charge in [0, 0.05) is 40.7 Å². The van der Waals surface area contributed by atoms with Gasteiger partial charge in [0.1, 0.15) is 11.8 Å². The number of nitrogens with zero attached hydrogens (tertiary/aromatic N) is 3. The van der Waals surface area contributed by atoms with Gasteiger partial charge in [0.2, 0.25) is 11.8 Å². The number of carbonyl (C=O) groups excluding carboxylic acids is 3. The third kappa shape index (κ3) is 4.25. The van der Waals surface area contributed by atoms with E-state index in [9.17, 15) is 27.6 Å². The minimum atomic E-state index is -4.88. The second kappa shape index (κ2) is 8.26. The lowest BCUT2D eigenvalue weighted by molar-refractivity contribution is -0.274. The van der Waals surface area contributed by atoms with Gasteiger partial charge >= 0.3 is 6.36 Å². The minimum Gasteiger partial charge on any atom is -0.406 e. The van der Waals surface area contributed by atoms with Gasteiger partial charge in [-0.15, -0.1) is 13.2 Å². The van der Waals surface area contributed by atoms with E-state index in [-0.39, 0.29) is 36.6 Å². The van der Waals surface area contributed by atoms with Gasteiger partial charge in [-0.1, -0.05) is 6.07 Å². The molecule has 3 aromatic rings. The number of alkyl halides is 3. The number of benzene rings is 2. The normalized spacial score (nSPS) is 19.6. The van der Waals surface area contributed by atoms with Crippen LogP contribution < -0.4 is 10.1 Å². The summed E-state index contributed by atoms with van der Waals surface area (Å²) in [5.74, 6) is -1.76. The van der Waals surface area contributed by atoms with E-state index in [1.807, 2.05) is 0 Å². The molecule has 0 saturated carbocycles. The molecule has 3 amide bonds. The van der Waals surface area contributed by atoms with E-state index in [4.69, 9.17) is 4.11 Å².